The van der Waals surface area contributed by atoms with Gasteiger partial charge in [-0.05, 0) is 126 Å². The quantitative estimate of drug-likeness (QED) is 0.173. The van der Waals surface area contributed by atoms with E-state index in [4.69, 9.17) is 37.6 Å². The molecule has 0 aliphatic carbocycles. The number of ketones is 1. The van der Waals surface area contributed by atoms with Gasteiger partial charge in [-0.2, -0.15) is 0 Å². The van der Waals surface area contributed by atoms with E-state index in [1.54, 1.807) is 20.3 Å². The van der Waals surface area contributed by atoms with Gasteiger partial charge in [0.2, 0.25) is 5.43 Å². The second-order valence-electron chi connectivity index (χ2n) is 15.8. The first kappa shape index (κ1) is 35.5. The minimum atomic E-state index is -0.409. The fraction of sp³-hybridized carbons (Fsp3) is 0.304. The number of ether oxygens (including phenoxy) is 7. The van der Waals surface area contributed by atoms with E-state index in [2.05, 4.69) is 0 Å². The third-order valence-corrected chi connectivity index (χ3v) is 10.9. The molecule has 0 radical (unpaired) electrons. The first-order chi connectivity index (χ1) is 26.8. The van der Waals surface area contributed by atoms with Crippen molar-refractivity contribution in [3.8, 4) is 51.4 Å². The summed E-state index contributed by atoms with van der Waals surface area (Å²) in [4.78, 5) is 26.9. The second-order valence-corrected chi connectivity index (χ2v) is 15.8. The number of Topliss-reactive ketones (excluding diaryl/α,β-unsaturated/α-hetero) is 1. The lowest BCUT2D eigenvalue weighted by Crippen LogP contribution is -2.43. The summed E-state index contributed by atoms with van der Waals surface area (Å²) in [6, 6.07) is 14.8. The average Bonchev–Trinajstić information content (AvgIpc) is 3.16. The molecule has 1 aromatic heterocycles. The van der Waals surface area contributed by atoms with Crippen molar-refractivity contribution in [3.05, 3.63) is 110 Å². The van der Waals surface area contributed by atoms with Gasteiger partial charge in [-0.15, -0.1) is 0 Å². The smallest absolute Gasteiger partial charge is 0.201 e. The van der Waals surface area contributed by atoms with Crippen LogP contribution >= 0.6 is 0 Å². The van der Waals surface area contributed by atoms with Crippen molar-refractivity contribution in [2.45, 2.75) is 71.4 Å². The van der Waals surface area contributed by atoms with Crippen LogP contribution in [-0.4, -0.2) is 43.9 Å². The Labute approximate surface area is 324 Å². The molecule has 2 atom stereocenters. The molecule has 0 N–H and O–H groups in total. The van der Waals surface area contributed by atoms with Crippen molar-refractivity contribution < 1.29 is 42.4 Å². The number of methoxy groups -OCH3 is 2. The molecule has 5 aliphatic rings. The van der Waals surface area contributed by atoms with Crippen LogP contribution < -0.4 is 38.6 Å². The van der Waals surface area contributed by atoms with Crippen LogP contribution in [0.5, 0.6) is 40.2 Å². The van der Waals surface area contributed by atoms with Crippen LogP contribution in [0.25, 0.3) is 34.2 Å². The maximum atomic E-state index is 13.5. The predicted molar refractivity (Wildman–Crippen MR) is 212 cm³/mol. The lowest BCUT2D eigenvalue weighted by atomic mass is 9.81. The average molecular weight is 755 g/mol. The highest BCUT2D eigenvalue weighted by atomic mass is 16.5. The molecule has 5 aromatic rings. The summed E-state index contributed by atoms with van der Waals surface area (Å²) >= 11 is 0. The molecule has 4 aromatic carbocycles. The highest BCUT2D eigenvalue weighted by Gasteiger charge is 2.45. The first-order valence-corrected chi connectivity index (χ1v) is 18.7. The van der Waals surface area contributed by atoms with Crippen molar-refractivity contribution in [3.63, 3.8) is 0 Å². The zero-order valence-electron chi connectivity index (χ0n) is 32.6. The lowest BCUT2D eigenvalue weighted by Gasteiger charge is -2.38. The standard InChI is InChI=1S/C23H22O5.C23H20O5/c2*1-12-9-18-15(10-17(12)25-4)20-19(11-26-18)27-22-13-7-8-23(2,3)28-16(13)6-5-14(22)21(20)24/h5-10,19-20H,11H2,1-4H3;5-10H,11H2,1-4H3/t19-,20+;/m1./s1. The minimum Gasteiger partial charge on any atom is -0.496 e. The molecular formula is C46H42O10. The third-order valence-electron chi connectivity index (χ3n) is 10.9. The number of hydrogen-bond donors (Lipinski definition) is 0. The molecule has 0 saturated carbocycles. The maximum absolute atomic E-state index is 13.5. The highest BCUT2D eigenvalue weighted by molar-refractivity contribution is 6.06. The fourth-order valence-electron chi connectivity index (χ4n) is 8.08. The van der Waals surface area contributed by atoms with Gasteiger partial charge in [0.1, 0.15) is 76.3 Å². The van der Waals surface area contributed by atoms with Crippen LogP contribution in [0.4, 0.5) is 0 Å². The second kappa shape index (κ2) is 12.7. The van der Waals surface area contributed by atoms with Crippen LogP contribution in [0, 0.1) is 13.8 Å². The van der Waals surface area contributed by atoms with Crippen molar-refractivity contribution in [1.29, 1.82) is 0 Å². The molecule has 10 nitrogen and oxygen atoms in total. The van der Waals surface area contributed by atoms with E-state index in [0.717, 1.165) is 45.1 Å². The summed E-state index contributed by atoms with van der Waals surface area (Å²) < 4.78 is 47.3. The van der Waals surface area contributed by atoms with E-state index in [1.165, 1.54) is 0 Å². The summed E-state index contributed by atoms with van der Waals surface area (Å²) in [7, 11) is 3.24. The number of benzene rings is 4. The van der Waals surface area contributed by atoms with Gasteiger partial charge in [-0.1, -0.05) is 0 Å². The summed E-state index contributed by atoms with van der Waals surface area (Å²) in [6.45, 7) is 12.4. The molecule has 286 valence electrons. The summed E-state index contributed by atoms with van der Waals surface area (Å²) in [5, 5.41) is 0.526. The highest BCUT2D eigenvalue weighted by Crippen LogP contribution is 2.49. The molecule has 0 saturated heterocycles. The van der Waals surface area contributed by atoms with Crippen LogP contribution in [0.2, 0.25) is 0 Å². The zero-order chi connectivity index (χ0) is 39.3. The summed E-state index contributed by atoms with van der Waals surface area (Å²) in [6.07, 6.45) is 7.51. The molecule has 0 unspecified atom stereocenters. The van der Waals surface area contributed by atoms with Crippen LogP contribution in [0.1, 0.15) is 77.5 Å². The van der Waals surface area contributed by atoms with Gasteiger partial charge in [-0.25, -0.2) is 0 Å². The Bertz CT molecular complexity index is 2620. The van der Waals surface area contributed by atoms with Gasteiger partial charge in [0, 0.05) is 11.1 Å². The molecule has 5 aliphatic heterocycles. The third kappa shape index (κ3) is 5.69. The maximum Gasteiger partial charge on any atom is 0.201 e. The summed E-state index contributed by atoms with van der Waals surface area (Å²) in [5.41, 5.74) is 5.83. The van der Waals surface area contributed by atoms with E-state index in [9.17, 15) is 9.59 Å². The monoisotopic (exact) mass is 754 g/mol. The van der Waals surface area contributed by atoms with Crippen molar-refractivity contribution in [2.24, 2.45) is 0 Å². The van der Waals surface area contributed by atoms with E-state index in [0.29, 0.717) is 63.0 Å². The van der Waals surface area contributed by atoms with Crippen LogP contribution in [0.3, 0.4) is 0 Å². The molecule has 56 heavy (non-hydrogen) atoms. The van der Waals surface area contributed by atoms with Gasteiger partial charge in [0.15, 0.2) is 11.5 Å². The Morgan fingerprint density at radius 3 is 2.07 bits per heavy atom. The van der Waals surface area contributed by atoms with E-state index in [1.807, 2.05) is 108 Å². The number of aryl methyl sites for hydroxylation is 2. The summed E-state index contributed by atoms with van der Waals surface area (Å²) in [5.74, 6) is 5.01. The van der Waals surface area contributed by atoms with E-state index >= 15 is 0 Å². The van der Waals surface area contributed by atoms with Gasteiger partial charge in [0.05, 0.1) is 47.8 Å². The first-order valence-electron chi connectivity index (χ1n) is 18.7. The van der Waals surface area contributed by atoms with Crippen molar-refractivity contribution in [1.82, 2.24) is 0 Å². The van der Waals surface area contributed by atoms with Crippen LogP contribution in [-0.2, 0) is 6.61 Å². The molecule has 0 amide bonds. The minimum absolute atomic E-state index is 0.0442. The molecular weight excluding hydrogens is 712 g/mol. The predicted octanol–water partition coefficient (Wildman–Crippen LogP) is 9.16. The van der Waals surface area contributed by atoms with Gasteiger partial charge in [0.25, 0.3) is 0 Å². The van der Waals surface area contributed by atoms with Gasteiger partial charge in [-0.3, -0.25) is 9.59 Å². The zero-order valence-corrected chi connectivity index (χ0v) is 32.6. The Morgan fingerprint density at radius 2 is 1.36 bits per heavy atom. The SMILES string of the molecule is COc1cc2c(cc1C)OC[C@H]1Oc3c(ccc4c3C=CC(C)(C)O4)C(=O)[C@@H]21.COc1cc2c(cc1C)OCc1oc3c4c(ccc3c(=O)c1-2)OC(C)(C)C=C4. The Morgan fingerprint density at radius 1 is 0.714 bits per heavy atom. The molecule has 10 heteroatoms. The van der Waals surface area contributed by atoms with Crippen LogP contribution in [0.15, 0.2) is 69.9 Å². The number of carbonyl (C=O) groups excluding carboxylic acids is 1. The van der Waals surface area contributed by atoms with Gasteiger partial charge >= 0.3 is 0 Å². The van der Waals surface area contributed by atoms with E-state index in [-0.39, 0.29) is 29.5 Å². The van der Waals surface area contributed by atoms with E-state index < -0.39 is 11.5 Å². The largest absolute Gasteiger partial charge is 0.496 e. The number of carbonyl (C=O) groups is 1. The molecule has 6 heterocycles. The van der Waals surface area contributed by atoms with Crippen molar-refractivity contribution >= 4 is 28.9 Å². The fourth-order valence-corrected chi connectivity index (χ4v) is 8.08. The molecule has 0 bridgehead atoms. The Kier molecular flexibility index (Phi) is 8.06. The number of rotatable bonds is 2. The normalized spacial score (nSPS) is 19.5. The Hall–Kier alpha value is -6.16. The topological polar surface area (TPSA) is 112 Å². The van der Waals surface area contributed by atoms with Gasteiger partial charge < -0.3 is 37.6 Å². The molecule has 0 fully saturated rings. The molecule has 10 rings (SSSR count). The number of hydrogen-bond acceptors (Lipinski definition) is 10. The molecule has 0 spiro atoms. The Balaban J connectivity index is 0.000000146. The van der Waals surface area contributed by atoms with Crippen molar-refractivity contribution in [2.75, 3.05) is 20.8 Å². The lowest BCUT2D eigenvalue weighted by molar-refractivity contribution is 0.0553. The number of fused-ring (bicyclic) bond motifs is 12.